The summed E-state index contributed by atoms with van der Waals surface area (Å²) in [5.74, 6) is 2.75. The van der Waals surface area contributed by atoms with E-state index in [0.717, 1.165) is 57.2 Å². The first-order valence-corrected chi connectivity index (χ1v) is 11.6. The number of guanidine groups is 1. The molecule has 1 aliphatic heterocycles. The molecule has 1 aliphatic rings. The number of ether oxygens (including phenoxy) is 1. The van der Waals surface area contributed by atoms with Crippen LogP contribution in [0.5, 0.6) is 5.75 Å². The van der Waals surface area contributed by atoms with Gasteiger partial charge in [-0.25, -0.2) is 0 Å². The van der Waals surface area contributed by atoms with Crippen LogP contribution >= 0.6 is 24.0 Å². The van der Waals surface area contributed by atoms with E-state index in [1.807, 2.05) is 0 Å². The number of halogens is 1. The smallest absolute Gasteiger partial charge is 0.191 e. The summed E-state index contributed by atoms with van der Waals surface area (Å²) in [6, 6.07) is 8.90. The summed E-state index contributed by atoms with van der Waals surface area (Å²) in [4.78, 5) is 7.30. The Kier molecular flexibility index (Phi) is 14.2. The van der Waals surface area contributed by atoms with Crippen LogP contribution in [-0.4, -0.2) is 62.9 Å². The zero-order chi connectivity index (χ0) is 21.8. The predicted octanol–water partition coefficient (Wildman–Crippen LogP) is 4.05. The second-order valence-electron chi connectivity index (χ2n) is 8.37. The average Bonchev–Trinajstić information content (AvgIpc) is 2.76. The molecule has 1 heterocycles. The lowest BCUT2D eigenvalue weighted by molar-refractivity contribution is 0.122. The van der Waals surface area contributed by atoms with E-state index in [1.165, 1.54) is 18.4 Å². The second-order valence-corrected chi connectivity index (χ2v) is 8.37. The van der Waals surface area contributed by atoms with Gasteiger partial charge < -0.3 is 20.5 Å². The third-order valence-corrected chi connectivity index (χ3v) is 6.08. The molecule has 7 heteroatoms. The minimum Gasteiger partial charge on any atom is -0.497 e. The summed E-state index contributed by atoms with van der Waals surface area (Å²) >= 11 is 0. The zero-order valence-electron chi connectivity index (χ0n) is 19.8. The van der Waals surface area contributed by atoms with Crippen LogP contribution in [0.3, 0.4) is 0 Å². The number of aliphatic hydroxyl groups excluding tert-OH is 1. The van der Waals surface area contributed by atoms with Crippen molar-refractivity contribution in [2.24, 2.45) is 16.8 Å². The lowest BCUT2D eigenvalue weighted by Gasteiger charge is -2.40. The van der Waals surface area contributed by atoms with Gasteiger partial charge >= 0.3 is 0 Å². The molecule has 3 unspecified atom stereocenters. The zero-order valence-corrected chi connectivity index (χ0v) is 22.1. The fourth-order valence-corrected chi connectivity index (χ4v) is 4.51. The van der Waals surface area contributed by atoms with Crippen molar-refractivity contribution in [3.8, 4) is 5.75 Å². The largest absolute Gasteiger partial charge is 0.497 e. The van der Waals surface area contributed by atoms with Crippen molar-refractivity contribution in [2.75, 3.05) is 46.9 Å². The summed E-state index contributed by atoms with van der Waals surface area (Å²) < 4.78 is 5.33. The van der Waals surface area contributed by atoms with E-state index in [0.29, 0.717) is 17.9 Å². The van der Waals surface area contributed by atoms with Crippen molar-refractivity contribution in [3.05, 3.63) is 29.8 Å². The quantitative estimate of drug-likeness (QED) is 0.222. The SMILES string of the molecule is CCCC(CCO)CN=C(NCC)NCC1CCCN(C)C1c1ccc(OC)cc1.I. The maximum atomic E-state index is 9.31. The molecule has 1 aromatic carbocycles. The number of hydrogen-bond acceptors (Lipinski definition) is 4. The fourth-order valence-electron chi connectivity index (χ4n) is 4.51. The molecule has 6 nitrogen and oxygen atoms in total. The molecule has 1 fully saturated rings. The minimum atomic E-state index is 0. The molecule has 0 radical (unpaired) electrons. The van der Waals surface area contributed by atoms with Gasteiger partial charge in [-0.2, -0.15) is 0 Å². The molecule has 1 saturated heterocycles. The van der Waals surface area contributed by atoms with Gasteiger partial charge in [0, 0.05) is 32.3 Å². The van der Waals surface area contributed by atoms with Crippen molar-refractivity contribution >= 4 is 29.9 Å². The highest BCUT2D eigenvalue weighted by Crippen LogP contribution is 2.35. The first kappa shape index (κ1) is 28.0. The average molecular weight is 547 g/mol. The summed E-state index contributed by atoms with van der Waals surface area (Å²) in [7, 11) is 3.94. The molecule has 31 heavy (non-hydrogen) atoms. The van der Waals surface area contributed by atoms with Gasteiger partial charge in [-0.3, -0.25) is 9.89 Å². The molecule has 2 rings (SSSR count). The Morgan fingerprint density at radius 1 is 1.23 bits per heavy atom. The van der Waals surface area contributed by atoms with Gasteiger partial charge in [0.2, 0.25) is 0 Å². The van der Waals surface area contributed by atoms with Crippen LogP contribution in [0.25, 0.3) is 0 Å². The Morgan fingerprint density at radius 3 is 2.58 bits per heavy atom. The van der Waals surface area contributed by atoms with Crippen molar-refractivity contribution in [1.29, 1.82) is 0 Å². The second kappa shape index (κ2) is 15.7. The molecule has 0 saturated carbocycles. The number of aliphatic hydroxyl groups is 1. The lowest BCUT2D eigenvalue weighted by atomic mass is 9.85. The molecule has 0 spiro atoms. The third kappa shape index (κ3) is 9.14. The normalized spacial score (nSPS) is 20.6. The van der Waals surface area contributed by atoms with Gasteiger partial charge in [0.25, 0.3) is 0 Å². The van der Waals surface area contributed by atoms with E-state index < -0.39 is 0 Å². The van der Waals surface area contributed by atoms with Crippen molar-refractivity contribution in [1.82, 2.24) is 15.5 Å². The van der Waals surface area contributed by atoms with Crippen molar-refractivity contribution < 1.29 is 9.84 Å². The highest BCUT2D eigenvalue weighted by molar-refractivity contribution is 14.0. The first-order chi connectivity index (χ1) is 14.6. The summed E-state index contributed by atoms with van der Waals surface area (Å²) in [5.41, 5.74) is 1.35. The summed E-state index contributed by atoms with van der Waals surface area (Å²) in [5, 5.41) is 16.3. The maximum absolute atomic E-state index is 9.31. The monoisotopic (exact) mass is 546 g/mol. The van der Waals surface area contributed by atoms with Crippen LogP contribution in [0, 0.1) is 11.8 Å². The molecule has 178 valence electrons. The minimum absolute atomic E-state index is 0. The van der Waals surface area contributed by atoms with E-state index >= 15 is 0 Å². The number of hydrogen-bond donors (Lipinski definition) is 3. The fraction of sp³-hybridized carbons (Fsp3) is 0.708. The Labute approximate surface area is 206 Å². The van der Waals surface area contributed by atoms with E-state index in [2.05, 4.69) is 60.7 Å². The summed E-state index contributed by atoms with van der Waals surface area (Å²) in [6.45, 7) is 8.15. The van der Waals surface area contributed by atoms with Crippen LogP contribution in [0.4, 0.5) is 0 Å². The first-order valence-electron chi connectivity index (χ1n) is 11.6. The highest BCUT2D eigenvalue weighted by atomic mass is 127. The number of likely N-dealkylation sites (tertiary alicyclic amines) is 1. The van der Waals surface area contributed by atoms with Gasteiger partial charge in [0.1, 0.15) is 5.75 Å². The Hall–Kier alpha value is -1.06. The molecule has 0 aromatic heterocycles. The summed E-state index contributed by atoms with van der Waals surface area (Å²) in [6.07, 6.45) is 5.48. The van der Waals surface area contributed by atoms with Crippen LogP contribution in [0.2, 0.25) is 0 Å². The third-order valence-electron chi connectivity index (χ3n) is 6.08. The van der Waals surface area contributed by atoms with Crippen LogP contribution < -0.4 is 15.4 Å². The van der Waals surface area contributed by atoms with Crippen LogP contribution in [0.1, 0.15) is 57.6 Å². The predicted molar refractivity (Wildman–Crippen MR) is 141 cm³/mol. The number of aliphatic imine (C=N–C) groups is 1. The van der Waals surface area contributed by atoms with Crippen molar-refractivity contribution in [2.45, 2.75) is 52.0 Å². The molecular formula is C24H43IN4O2. The van der Waals surface area contributed by atoms with Gasteiger partial charge in [0.05, 0.1) is 7.11 Å². The van der Waals surface area contributed by atoms with Crippen LogP contribution in [-0.2, 0) is 0 Å². The number of nitrogens with zero attached hydrogens (tertiary/aromatic N) is 2. The Bertz CT molecular complexity index is 621. The molecule has 3 N–H and O–H groups in total. The van der Waals surface area contributed by atoms with Gasteiger partial charge in [-0.05, 0) is 75.7 Å². The van der Waals surface area contributed by atoms with Gasteiger partial charge in [0.15, 0.2) is 5.96 Å². The highest BCUT2D eigenvalue weighted by Gasteiger charge is 2.30. The Morgan fingerprint density at radius 2 is 1.97 bits per heavy atom. The lowest BCUT2D eigenvalue weighted by Crippen LogP contribution is -2.45. The molecular weight excluding hydrogens is 503 g/mol. The van der Waals surface area contributed by atoms with E-state index in [-0.39, 0.29) is 30.6 Å². The number of piperidine rings is 1. The van der Waals surface area contributed by atoms with Gasteiger partial charge in [-0.1, -0.05) is 25.5 Å². The molecule has 1 aromatic rings. The number of rotatable bonds is 11. The standard InChI is InChI=1S/C24H42N4O2.HI/c1-5-8-19(14-16-29)17-26-24(25-6-2)27-18-21-9-7-15-28(3)23(21)20-10-12-22(30-4)13-11-20;/h10-13,19,21,23,29H,5-9,14-18H2,1-4H3,(H2,25,26,27);1H. The van der Waals surface area contributed by atoms with E-state index in [9.17, 15) is 5.11 Å². The van der Waals surface area contributed by atoms with E-state index in [4.69, 9.17) is 9.73 Å². The molecule has 0 bridgehead atoms. The Balaban J connectivity index is 0.00000480. The molecule has 3 atom stereocenters. The van der Waals surface area contributed by atoms with Crippen molar-refractivity contribution in [3.63, 3.8) is 0 Å². The van der Waals surface area contributed by atoms with E-state index in [1.54, 1.807) is 7.11 Å². The molecule has 0 aliphatic carbocycles. The number of methoxy groups -OCH3 is 1. The maximum Gasteiger partial charge on any atom is 0.191 e. The number of nitrogens with one attached hydrogen (secondary N) is 2. The van der Waals surface area contributed by atoms with Gasteiger partial charge in [-0.15, -0.1) is 24.0 Å². The van der Waals surface area contributed by atoms with Crippen LogP contribution in [0.15, 0.2) is 29.3 Å². The topological polar surface area (TPSA) is 69.1 Å². The number of benzene rings is 1. The molecule has 0 amide bonds.